The summed E-state index contributed by atoms with van der Waals surface area (Å²) in [6.07, 6.45) is 0.837. The number of hydrogen-bond acceptors (Lipinski definition) is 4. The first-order valence-electron chi connectivity index (χ1n) is 5.69. The fourth-order valence-electron chi connectivity index (χ4n) is 1.64. The van der Waals surface area contributed by atoms with Gasteiger partial charge in [-0.15, -0.1) is 11.3 Å². The Morgan fingerprint density at radius 2 is 2.32 bits per heavy atom. The van der Waals surface area contributed by atoms with Crippen molar-refractivity contribution < 1.29 is 4.74 Å². The van der Waals surface area contributed by atoms with Crippen molar-refractivity contribution in [1.82, 2.24) is 4.98 Å². The smallest absolute Gasteiger partial charge is 0.129 e. The molecule has 0 spiro atoms. The van der Waals surface area contributed by atoms with Gasteiger partial charge in [0, 0.05) is 15.8 Å². The number of halogens is 1. The van der Waals surface area contributed by atoms with E-state index in [1.807, 2.05) is 30.6 Å². The third-order valence-corrected chi connectivity index (χ3v) is 4.35. The first-order valence-corrected chi connectivity index (χ1v) is 7.77. The number of benzene rings is 1. The lowest BCUT2D eigenvalue weighted by molar-refractivity contribution is 0.322. The number of rotatable bonds is 5. The lowest BCUT2D eigenvalue weighted by Crippen LogP contribution is -2.12. The van der Waals surface area contributed by atoms with Crippen LogP contribution >= 0.6 is 39.5 Å². The van der Waals surface area contributed by atoms with Gasteiger partial charge in [0.25, 0.3) is 0 Å². The fraction of sp³-hybridized carbons (Fsp3) is 0.231. The molecule has 6 heteroatoms. The zero-order valence-electron chi connectivity index (χ0n) is 10.4. The Morgan fingerprint density at radius 3 is 2.95 bits per heavy atom. The summed E-state index contributed by atoms with van der Waals surface area (Å²) in [5.74, 6) is 0.720. The first-order chi connectivity index (χ1) is 9.08. The maximum atomic E-state index is 5.77. The van der Waals surface area contributed by atoms with Gasteiger partial charge < -0.3 is 10.5 Å². The Kier molecular flexibility index (Phi) is 4.90. The topological polar surface area (TPSA) is 48.1 Å². The van der Waals surface area contributed by atoms with E-state index >= 15 is 0 Å². The van der Waals surface area contributed by atoms with Crippen molar-refractivity contribution in [2.45, 2.75) is 13.3 Å². The Bertz CT molecular complexity index is 598. The van der Waals surface area contributed by atoms with Crippen molar-refractivity contribution in [3.05, 3.63) is 44.3 Å². The number of nitrogens with two attached hydrogens (primary N) is 1. The molecule has 0 saturated heterocycles. The number of aryl methyl sites for hydroxylation is 1. The van der Waals surface area contributed by atoms with Crippen LogP contribution in [0.15, 0.2) is 28.2 Å². The predicted molar refractivity (Wildman–Crippen MR) is 86.1 cm³/mol. The average molecular weight is 357 g/mol. The number of aromatic nitrogens is 1. The average Bonchev–Trinajstić information content (AvgIpc) is 2.77. The molecule has 2 N–H and O–H groups in total. The maximum absolute atomic E-state index is 5.77. The molecule has 0 saturated carbocycles. The molecule has 0 bridgehead atoms. The molecule has 0 aliphatic rings. The molecule has 1 heterocycles. The molecular formula is C13H13BrN2OS2. The highest BCUT2D eigenvalue weighted by atomic mass is 79.9. The van der Waals surface area contributed by atoms with E-state index in [1.54, 1.807) is 11.3 Å². The minimum Gasteiger partial charge on any atom is -0.492 e. The van der Waals surface area contributed by atoms with Crippen LogP contribution in [0.5, 0.6) is 5.75 Å². The summed E-state index contributed by atoms with van der Waals surface area (Å²) < 4.78 is 6.70. The van der Waals surface area contributed by atoms with Crippen LogP contribution in [0.2, 0.25) is 0 Å². The van der Waals surface area contributed by atoms with Crippen LogP contribution in [0.25, 0.3) is 0 Å². The van der Waals surface area contributed by atoms with Gasteiger partial charge in [-0.1, -0.05) is 28.1 Å². The van der Waals surface area contributed by atoms with Gasteiger partial charge in [-0.25, -0.2) is 4.98 Å². The summed E-state index contributed by atoms with van der Waals surface area (Å²) in [7, 11) is 0. The third-order valence-electron chi connectivity index (χ3n) is 2.64. The van der Waals surface area contributed by atoms with Crippen molar-refractivity contribution in [3.8, 4) is 5.75 Å². The van der Waals surface area contributed by atoms with Gasteiger partial charge in [0.15, 0.2) is 0 Å². The van der Waals surface area contributed by atoms with E-state index in [2.05, 4.69) is 20.9 Å². The Hall–Kier alpha value is -0.980. The third kappa shape index (κ3) is 3.75. The quantitative estimate of drug-likeness (QED) is 0.833. The van der Waals surface area contributed by atoms with Gasteiger partial charge >= 0.3 is 0 Å². The van der Waals surface area contributed by atoms with E-state index in [0.29, 0.717) is 11.6 Å². The first kappa shape index (κ1) is 14.4. The van der Waals surface area contributed by atoms with Crippen LogP contribution in [0.3, 0.4) is 0 Å². The van der Waals surface area contributed by atoms with Gasteiger partial charge in [0.1, 0.15) is 10.7 Å². The molecule has 2 rings (SSSR count). The fourth-order valence-corrected chi connectivity index (χ4v) is 2.92. The lowest BCUT2D eigenvalue weighted by atomic mass is 10.2. The Labute approximate surface area is 129 Å². The number of ether oxygens (including phenoxy) is 1. The standard InChI is InChI=1S/C13H13BrN2OS2/c1-8-12(19-7-16-8)4-5-17-11-3-2-9(14)6-10(11)13(15)18/h2-3,6-7H,4-5H2,1H3,(H2,15,18). The lowest BCUT2D eigenvalue weighted by Gasteiger charge is -2.10. The van der Waals surface area contributed by atoms with Crippen molar-refractivity contribution in [2.75, 3.05) is 6.61 Å². The normalized spacial score (nSPS) is 10.4. The Balaban J connectivity index is 2.03. The summed E-state index contributed by atoms with van der Waals surface area (Å²) in [6, 6.07) is 5.66. The summed E-state index contributed by atoms with van der Waals surface area (Å²) in [4.78, 5) is 5.80. The number of thiazole rings is 1. The maximum Gasteiger partial charge on any atom is 0.129 e. The molecule has 2 aromatic rings. The largest absolute Gasteiger partial charge is 0.492 e. The van der Waals surface area contributed by atoms with E-state index in [0.717, 1.165) is 27.9 Å². The highest BCUT2D eigenvalue weighted by molar-refractivity contribution is 9.10. The molecule has 0 atom stereocenters. The van der Waals surface area contributed by atoms with Crippen molar-refractivity contribution in [3.63, 3.8) is 0 Å². The van der Waals surface area contributed by atoms with Crippen LogP contribution in [-0.2, 0) is 6.42 Å². The minimum absolute atomic E-state index is 0.338. The molecule has 0 aliphatic heterocycles. The van der Waals surface area contributed by atoms with E-state index in [1.165, 1.54) is 4.88 Å². The molecular weight excluding hydrogens is 344 g/mol. The molecule has 1 aromatic heterocycles. The molecule has 0 unspecified atom stereocenters. The SMILES string of the molecule is Cc1ncsc1CCOc1ccc(Br)cc1C(N)=S. The van der Waals surface area contributed by atoms with Crippen LogP contribution < -0.4 is 10.5 Å². The number of nitrogens with zero attached hydrogens (tertiary/aromatic N) is 1. The predicted octanol–water partition coefficient (Wildman–Crippen LogP) is 3.47. The molecule has 0 fully saturated rings. The molecule has 1 aromatic carbocycles. The van der Waals surface area contributed by atoms with Gasteiger partial charge in [-0.05, 0) is 25.1 Å². The molecule has 0 radical (unpaired) electrons. The monoisotopic (exact) mass is 356 g/mol. The molecule has 3 nitrogen and oxygen atoms in total. The van der Waals surface area contributed by atoms with E-state index < -0.39 is 0 Å². The summed E-state index contributed by atoms with van der Waals surface area (Å²) >= 11 is 10.1. The molecule has 19 heavy (non-hydrogen) atoms. The van der Waals surface area contributed by atoms with E-state index in [9.17, 15) is 0 Å². The van der Waals surface area contributed by atoms with Crippen LogP contribution in [0.1, 0.15) is 16.1 Å². The zero-order chi connectivity index (χ0) is 13.8. The summed E-state index contributed by atoms with van der Waals surface area (Å²) in [5, 5.41) is 0. The van der Waals surface area contributed by atoms with Crippen LogP contribution in [0, 0.1) is 6.92 Å². The van der Waals surface area contributed by atoms with E-state index in [-0.39, 0.29) is 0 Å². The van der Waals surface area contributed by atoms with Gasteiger partial charge in [-0.3, -0.25) is 0 Å². The molecule has 0 amide bonds. The van der Waals surface area contributed by atoms with Crippen LogP contribution in [0.4, 0.5) is 0 Å². The summed E-state index contributed by atoms with van der Waals surface area (Å²) in [5.41, 5.74) is 9.37. The van der Waals surface area contributed by atoms with Gasteiger partial charge in [0.05, 0.1) is 23.4 Å². The van der Waals surface area contributed by atoms with Crippen LogP contribution in [-0.4, -0.2) is 16.6 Å². The second-order valence-corrected chi connectivity index (χ2v) is 6.26. The van der Waals surface area contributed by atoms with Crippen molar-refractivity contribution in [2.24, 2.45) is 5.73 Å². The van der Waals surface area contributed by atoms with Gasteiger partial charge in [-0.2, -0.15) is 0 Å². The number of thiocarbonyl (C=S) groups is 1. The highest BCUT2D eigenvalue weighted by Gasteiger charge is 2.08. The minimum atomic E-state index is 0.338. The van der Waals surface area contributed by atoms with Crippen molar-refractivity contribution in [1.29, 1.82) is 0 Å². The highest BCUT2D eigenvalue weighted by Crippen LogP contribution is 2.23. The molecule has 0 aliphatic carbocycles. The second kappa shape index (κ2) is 6.45. The molecule has 100 valence electrons. The van der Waals surface area contributed by atoms with Gasteiger partial charge in [0.2, 0.25) is 0 Å². The second-order valence-electron chi connectivity index (χ2n) is 3.96. The summed E-state index contributed by atoms with van der Waals surface area (Å²) in [6.45, 7) is 2.59. The van der Waals surface area contributed by atoms with E-state index in [4.69, 9.17) is 22.7 Å². The zero-order valence-corrected chi connectivity index (χ0v) is 13.6. The number of hydrogen-bond donors (Lipinski definition) is 1. The Morgan fingerprint density at radius 1 is 1.53 bits per heavy atom. The van der Waals surface area contributed by atoms with Crippen molar-refractivity contribution >= 4 is 44.5 Å².